The summed E-state index contributed by atoms with van der Waals surface area (Å²) >= 11 is 1.59. The number of hydrogen-bond acceptors (Lipinski definition) is 5. The Morgan fingerprint density at radius 1 is 1.25 bits per heavy atom. The summed E-state index contributed by atoms with van der Waals surface area (Å²) in [7, 11) is 0. The minimum absolute atomic E-state index is 0.603. The van der Waals surface area contributed by atoms with Crippen LogP contribution < -0.4 is 4.74 Å². The molecule has 84 valence electrons. The third kappa shape index (κ3) is 2.36. The van der Waals surface area contributed by atoms with Gasteiger partial charge in [0.2, 0.25) is 5.88 Å². The smallest absolute Gasteiger partial charge is 0.217 e. The number of hydrogen-bond donors (Lipinski definition) is 0. The molecular weight excluding hydrogens is 222 g/mol. The lowest BCUT2D eigenvalue weighted by molar-refractivity contribution is 0.326. The molecule has 2 heterocycles. The third-order valence-electron chi connectivity index (χ3n) is 1.97. The van der Waals surface area contributed by atoms with Gasteiger partial charge in [0, 0.05) is 17.1 Å². The second-order valence-corrected chi connectivity index (χ2v) is 4.42. The Hall–Kier alpha value is -1.49. The van der Waals surface area contributed by atoms with E-state index in [4.69, 9.17) is 4.74 Å². The molecule has 5 heteroatoms. The fourth-order valence-electron chi connectivity index (χ4n) is 1.34. The largest absolute Gasteiger partial charge is 0.478 e. The van der Waals surface area contributed by atoms with Crippen LogP contribution in [0, 0.1) is 13.8 Å². The van der Waals surface area contributed by atoms with E-state index in [1.807, 2.05) is 32.2 Å². The maximum atomic E-state index is 5.38. The first kappa shape index (κ1) is 11.0. The Morgan fingerprint density at radius 2 is 2.06 bits per heavy atom. The van der Waals surface area contributed by atoms with Crippen LogP contribution in [-0.2, 0) is 0 Å². The van der Waals surface area contributed by atoms with E-state index in [2.05, 4.69) is 15.0 Å². The molecule has 16 heavy (non-hydrogen) atoms. The lowest BCUT2D eigenvalue weighted by atomic mass is 10.4. The minimum Gasteiger partial charge on any atom is -0.478 e. The monoisotopic (exact) mass is 235 g/mol. The van der Waals surface area contributed by atoms with Gasteiger partial charge in [-0.25, -0.2) is 9.97 Å². The molecule has 2 aromatic rings. The van der Waals surface area contributed by atoms with E-state index in [0.29, 0.717) is 18.3 Å². The van der Waals surface area contributed by atoms with E-state index < -0.39 is 0 Å². The number of ether oxygens (including phenoxy) is 1. The van der Waals surface area contributed by atoms with Crippen molar-refractivity contribution in [2.75, 3.05) is 6.61 Å². The van der Waals surface area contributed by atoms with Gasteiger partial charge in [0.1, 0.15) is 5.69 Å². The van der Waals surface area contributed by atoms with Gasteiger partial charge < -0.3 is 4.74 Å². The summed E-state index contributed by atoms with van der Waals surface area (Å²) in [4.78, 5) is 13.0. The molecule has 0 radical (unpaired) electrons. The summed E-state index contributed by atoms with van der Waals surface area (Å²) in [6.45, 7) is 6.43. The van der Waals surface area contributed by atoms with Crippen LogP contribution in [0.4, 0.5) is 0 Å². The predicted molar refractivity (Wildman–Crippen MR) is 63.8 cm³/mol. The van der Waals surface area contributed by atoms with Crippen LogP contribution in [0.25, 0.3) is 11.5 Å². The lowest BCUT2D eigenvalue weighted by Crippen LogP contribution is -1.99. The average molecular weight is 235 g/mol. The molecule has 0 aliphatic heterocycles. The predicted octanol–water partition coefficient (Wildman–Crippen LogP) is 2.62. The highest BCUT2D eigenvalue weighted by molar-refractivity contribution is 7.09. The summed E-state index contributed by atoms with van der Waals surface area (Å²) in [6.07, 6.45) is 0. The summed E-state index contributed by atoms with van der Waals surface area (Å²) in [5.41, 5.74) is 1.70. The van der Waals surface area contributed by atoms with Gasteiger partial charge in [0.15, 0.2) is 5.82 Å². The van der Waals surface area contributed by atoms with Crippen LogP contribution in [0.15, 0.2) is 11.4 Å². The Morgan fingerprint density at radius 3 is 2.69 bits per heavy atom. The van der Waals surface area contributed by atoms with Crippen LogP contribution >= 0.6 is 11.3 Å². The second kappa shape index (κ2) is 4.57. The van der Waals surface area contributed by atoms with Crippen molar-refractivity contribution < 1.29 is 4.74 Å². The van der Waals surface area contributed by atoms with Crippen molar-refractivity contribution >= 4 is 11.3 Å². The first-order chi connectivity index (χ1) is 7.69. The Kier molecular flexibility index (Phi) is 3.14. The molecular formula is C11H13N3OS. The van der Waals surface area contributed by atoms with E-state index in [1.54, 1.807) is 11.3 Å². The molecule has 4 nitrogen and oxygen atoms in total. The number of aromatic nitrogens is 3. The topological polar surface area (TPSA) is 47.9 Å². The van der Waals surface area contributed by atoms with Crippen molar-refractivity contribution in [3.05, 3.63) is 22.1 Å². The molecule has 0 saturated heterocycles. The van der Waals surface area contributed by atoms with Gasteiger partial charge in [-0.2, -0.15) is 4.98 Å². The highest BCUT2D eigenvalue weighted by Gasteiger charge is 2.08. The van der Waals surface area contributed by atoms with E-state index in [9.17, 15) is 0 Å². The van der Waals surface area contributed by atoms with Crippen molar-refractivity contribution in [3.63, 3.8) is 0 Å². The second-order valence-electron chi connectivity index (χ2n) is 3.36. The van der Waals surface area contributed by atoms with Crippen molar-refractivity contribution in [2.24, 2.45) is 0 Å². The van der Waals surface area contributed by atoms with Gasteiger partial charge in [-0.15, -0.1) is 11.3 Å². The average Bonchev–Trinajstić information content (AvgIpc) is 2.64. The zero-order valence-electron chi connectivity index (χ0n) is 9.52. The van der Waals surface area contributed by atoms with Crippen molar-refractivity contribution in [2.45, 2.75) is 20.8 Å². The molecule has 2 rings (SSSR count). The summed E-state index contributed by atoms with van der Waals surface area (Å²) < 4.78 is 5.38. The third-order valence-corrected chi connectivity index (χ3v) is 2.74. The van der Waals surface area contributed by atoms with Gasteiger partial charge in [0.25, 0.3) is 0 Å². The van der Waals surface area contributed by atoms with E-state index in [-0.39, 0.29) is 0 Å². The number of aryl methyl sites for hydroxylation is 2. The Balaban J connectivity index is 2.40. The highest BCUT2D eigenvalue weighted by Crippen LogP contribution is 2.20. The molecule has 0 saturated carbocycles. The van der Waals surface area contributed by atoms with Crippen molar-refractivity contribution in [1.29, 1.82) is 0 Å². The summed E-state index contributed by atoms with van der Waals surface area (Å²) in [6, 6.07) is 1.83. The standard InChI is InChI=1S/C11H13N3OS/c1-4-15-10-5-7(2)12-11(14-10)9-6-16-8(3)13-9/h5-6H,4H2,1-3H3. The highest BCUT2D eigenvalue weighted by atomic mass is 32.1. The molecule has 0 aliphatic rings. The van der Waals surface area contributed by atoms with Crippen LogP contribution in [-0.4, -0.2) is 21.6 Å². The molecule has 2 aromatic heterocycles. The molecule has 0 amide bonds. The van der Waals surface area contributed by atoms with Gasteiger partial charge in [0.05, 0.1) is 11.6 Å². The molecule has 0 atom stereocenters. The minimum atomic E-state index is 0.603. The number of thiazole rings is 1. The molecule has 0 spiro atoms. The molecule has 0 bridgehead atoms. The summed E-state index contributed by atoms with van der Waals surface area (Å²) in [5.74, 6) is 1.24. The van der Waals surface area contributed by atoms with Crippen LogP contribution in [0.3, 0.4) is 0 Å². The van der Waals surface area contributed by atoms with Crippen LogP contribution in [0.2, 0.25) is 0 Å². The molecule has 0 aromatic carbocycles. The van der Waals surface area contributed by atoms with Gasteiger partial charge in [-0.3, -0.25) is 0 Å². The fourth-order valence-corrected chi connectivity index (χ4v) is 1.93. The molecule has 0 aliphatic carbocycles. The quantitative estimate of drug-likeness (QED) is 0.820. The first-order valence-electron chi connectivity index (χ1n) is 5.10. The van der Waals surface area contributed by atoms with Gasteiger partial charge in [-0.1, -0.05) is 0 Å². The van der Waals surface area contributed by atoms with Crippen molar-refractivity contribution in [3.8, 4) is 17.4 Å². The first-order valence-corrected chi connectivity index (χ1v) is 5.98. The van der Waals surface area contributed by atoms with Crippen LogP contribution in [0.1, 0.15) is 17.6 Å². The SMILES string of the molecule is CCOc1cc(C)nc(-c2csc(C)n2)n1. The lowest BCUT2D eigenvalue weighted by Gasteiger charge is -2.04. The van der Waals surface area contributed by atoms with E-state index in [1.165, 1.54) is 0 Å². The Labute approximate surface area is 98.4 Å². The maximum Gasteiger partial charge on any atom is 0.217 e. The molecule has 0 unspecified atom stereocenters. The van der Waals surface area contributed by atoms with E-state index >= 15 is 0 Å². The number of rotatable bonds is 3. The summed E-state index contributed by atoms with van der Waals surface area (Å²) in [5, 5.41) is 2.97. The normalized spacial score (nSPS) is 10.4. The van der Waals surface area contributed by atoms with Gasteiger partial charge >= 0.3 is 0 Å². The zero-order chi connectivity index (χ0) is 11.5. The molecule has 0 fully saturated rings. The maximum absolute atomic E-state index is 5.38. The Bertz CT molecular complexity index is 496. The zero-order valence-corrected chi connectivity index (χ0v) is 10.3. The van der Waals surface area contributed by atoms with Gasteiger partial charge in [-0.05, 0) is 20.8 Å². The van der Waals surface area contributed by atoms with Crippen molar-refractivity contribution in [1.82, 2.24) is 15.0 Å². The van der Waals surface area contributed by atoms with E-state index in [0.717, 1.165) is 16.4 Å². The number of nitrogens with zero attached hydrogens (tertiary/aromatic N) is 3. The molecule has 0 N–H and O–H groups in total. The van der Waals surface area contributed by atoms with Crippen LogP contribution in [0.5, 0.6) is 5.88 Å². The fraction of sp³-hybridized carbons (Fsp3) is 0.364.